The number of aromatic nitrogens is 9. The first-order valence-electron chi connectivity index (χ1n) is 39.4. The van der Waals surface area contributed by atoms with E-state index in [0.29, 0.717) is 120 Å². The van der Waals surface area contributed by atoms with Crippen molar-refractivity contribution in [3.8, 4) is 16.9 Å². The number of anilines is 5. The standard InChI is InChI=1S/C82H102ClN21O17/c1-53-72-60-12-8-9-13-61(60)73(54-14-16-55(83)17-15-54)93-62(74(72)121-98-53)48-71(109)90-56-18-20-59(21-19-56)120-45-44-119-43-42-118-41-40-117-39-38-116-37-36-115-35-25-68(106)85-27-11-33-99(2)32-10-26-84-67(105)22-28-89-80(112)76-96-65(51-103(76)6)94-69(107)23-29-88-79(111)64-47-58(50-102(64)5)92-82(114)77-97-66(52-104(77)7)95-70(108)24-30-87-78(110)63-46-57(49-101(63)4)91-81(113)75-86-31-34-100(75)3/h8-9,12-21,31,34,46-47,49-52,62H,10-11,22-30,32-33,35-45,48H2,1-7H3,(H,84,105)(H,85,106)(H,87,110)(H,88,111)(H,89,112)(H,90,109)(H,91,113)(H,92,114)(H,94,107)(H,95,108). The predicted octanol–water partition coefficient (Wildman–Crippen LogP) is 5.74. The van der Waals surface area contributed by atoms with Gasteiger partial charge >= 0.3 is 0 Å². The largest absolute Gasteiger partial charge is 0.491 e. The van der Waals surface area contributed by atoms with Gasteiger partial charge in [-0.05, 0) is 94.0 Å². The first-order valence-corrected chi connectivity index (χ1v) is 39.8. The molecule has 10 amide bonds. The molecular weight excluding hydrogens is 1590 g/mol. The lowest BCUT2D eigenvalue weighted by molar-refractivity contribution is -0.122. The van der Waals surface area contributed by atoms with Gasteiger partial charge < -0.3 is 114 Å². The van der Waals surface area contributed by atoms with E-state index in [4.69, 9.17) is 49.5 Å². The van der Waals surface area contributed by atoms with E-state index >= 15 is 0 Å². The van der Waals surface area contributed by atoms with Crippen molar-refractivity contribution >= 4 is 105 Å². The van der Waals surface area contributed by atoms with Crippen LogP contribution in [0.3, 0.4) is 0 Å². The minimum atomic E-state index is -0.640. The van der Waals surface area contributed by atoms with Crippen LogP contribution >= 0.6 is 11.6 Å². The Hall–Kier alpha value is -12.7. The van der Waals surface area contributed by atoms with Gasteiger partial charge in [-0.15, -0.1) is 0 Å². The molecule has 0 radical (unpaired) electrons. The van der Waals surface area contributed by atoms with E-state index < -0.39 is 47.4 Å². The zero-order valence-electron chi connectivity index (χ0n) is 68.5. The Kier molecular flexibility index (Phi) is 34.5. The molecule has 6 aromatic heterocycles. The zero-order valence-corrected chi connectivity index (χ0v) is 69.3. The number of amides is 10. The third kappa shape index (κ3) is 27.9. The number of aryl methyl sites for hydroxylation is 6. The second-order valence-electron chi connectivity index (χ2n) is 28.2. The second-order valence-corrected chi connectivity index (χ2v) is 28.6. The topological polar surface area (TPSA) is 451 Å². The maximum Gasteiger partial charge on any atom is 0.291 e. The number of imidazole rings is 3. The highest BCUT2D eigenvalue weighted by Crippen LogP contribution is 2.41. The van der Waals surface area contributed by atoms with Crippen molar-refractivity contribution in [3.05, 3.63) is 179 Å². The summed E-state index contributed by atoms with van der Waals surface area (Å²) in [6, 6.07) is 24.8. The molecule has 644 valence electrons. The highest BCUT2D eigenvalue weighted by atomic mass is 35.5. The molecule has 121 heavy (non-hydrogen) atoms. The molecule has 0 bridgehead atoms. The molecule has 1 aliphatic rings. The summed E-state index contributed by atoms with van der Waals surface area (Å²) in [6.45, 7) is 8.23. The summed E-state index contributed by atoms with van der Waals surface area (Å²) in [7, 11) is 10.0. The first-order chi connectivity index (χ1) is 58.4. The maximum atomic E-state index is 13.5. The average molecular weight is 1690 g/mol. The van der Waals surface area contributed by atoms with Gasteiger partial charge in [0.25, 0.3) is 29.5 Å². The molecule has 0 fully saturated rings. The lowest BCUT2D eigenvalue weighted by Crippen LogP contribution is -2.33. The molecule has 0 saturated carbocycles. The number of ether oxygens (including phenoxy) is 6. The molecule has 39 heteroatoms. The lowest BCUT2D eigenvalue weighted by Gasteiger charge is -2.16. The number of carbonyl (C=O) groups excluding carboxylic acids is 10. The third-order valence-corrected chi connectivity index (χ3v) is 19.0. The van der Waals surface area contributed by atoms with Gasteiger partial charge in [-0.25, -0.2) is 15.0 Å². The van der Waals surface area contributed by atoms with Crippen molar-refractivity contribution < 1.29 is 80.9 Å². The number of nitrogens with one attached hydrogen (secondary N) is 10. The number of fused-ring (bicyclic) bond motifs is 3. The van der Waals surface area contributed by atoms with Gasteiger partial charge in [0.05, 0.1) is 101 Å². The molecule has 1 aliphatic heterocycles. The van der Waals surface area contributed by atoms with Crippen molar-refractivity contribution in [1.82, 2.24) is 74.4 Å². The highest BCUT2D eigenvalue weighted by Gasteiger charge is 2.32. The number of halogens is 1. The van der Waals surface area contributed by atoms with E-state index in [1.165, 1.54) is 55.2 Å². The summed E-state index contributed by atoms with van der Waals surface area (Å²) in [5.41, 5.74) is 6.66. The molecule has 10 rings (SSSR count). The van der Waals surface area contributed by atoms with Gasteiger partial charge in [0.2, 0.25) is 41.2 Å². The van der Waals surface area contributed by atoms with Crippen LogP contribution in [0, 0.1) is 6.92 Å². The minimum Gasteiger partial charge on any atom is -0.491 e. The Balaban J connectivity index is 0.475. The van der Waals surface area contributed by atoms with Crippen molar-refractivity contribution in [2.45, 2.75) is 57.9 Å². The molecule has 1 atom stereocenters. The van der Waals surface area contributed by atoms with E-state index in [0.717, 1.165) is 46.6 Å². The van der Waals surface area contributed by atoms with Crippen LogP contribution in [-0.4, -0.2) is 238 Å². The monoisotopic (exact) mass is 1690 g/mol. The Morgan fingerprint density at radius 3 is 1.50 bits per heavy atom. The van der Waals surface area contributed by atoms with Gasteiger partial charge in [0.1, 0.15) is 29.8 Å². The van der Waals surface area contributed by atoms with E-state index in [-0.39, 0.29) is 122 Å². The number of hydrogen-bond donors (Lipinski definition) is 10. The van der Waals surface area contributed by atoms with Crippen LogP contribution < -0.4 is 57.9 Å². The maximum absolute atomic E-state index is 13.5. The molecule has 0 spiro atoms. The molecule has 1 unspecified atom stereocenters. The van der Waals surface area contributed by atoms with Gasteiger partial charge in [-0.3, -0.25) is 52.9 Å². The fraction of sp³-hybridized carbons (Fsp3) is 0.402. The molecule has 10 N–H and O–H groups in total. The van der Waals surface area contributed by atoms with Crippen LogP contribution in [0.15, 0.2) is 132 Å². The van der Waals surface area contributed by atoms with Crippen LogP contribution in [0.2, 0.25) is 5.02 Å². The Morgan fingerprint density at radius 2 is 0.959 bits per heavy atom. The van der Waals surface area contributed by atoms with Crippen molar-refractivity contribution in [3.63, 3.8) is 0 Å². The van der Waals surface area contributed by atoms with E-state index in [1.54, 1.807) is 76.5 Å². The number of rotatable bonds is 49. The molecule has 3 aromatic carbocycles. The fourth-order valence-corrected chi connectivity index (χ4v) is 12.8. The number of benzene rings is 3. The van der Waals surface area contributed by atoms with E-state index in [1.807, 2.05) is 62.5 Å². The number of hydrogen-bond acceptors (Lipinski definition) is 23. The number of nitrogens with zero attached hydrogens (tertiary/aromatic N) is 11. The Labute approximate surface area is 702 Å². The molecule has 0 saturated heterocycles. The predicted molar refractivity (Wildman–Crippen MR) is 448 cm³/mol. The highest BCUT2D eigenvalue weighted by molar-refractivity contribution is 6.31. The minimum absolute atomic E-state index is 0.00374. The summed E-state index contributed by atoms with van der Waals surface area (Å²) in [6.07, 6.45) is 10.5. The van der Waals surface area contributed by atoms with Crippen LogP contribution in [0.25, 0.3) is 11.1 Å². The molecule has 9 aromatic rings. The van der Waals surface area contributed by atoms with Crippen molar-refractivity contribution in [2.24, 2.45) is 40.2 Å². The molecule has 7 heterocycles. The Morgan fingerprint density at radius 1 is 0.471 bits per heavy atom. The van der Waals surface area contributed by atoms with Gasteiger partial charge in [0, 0.05) is 153 Å². The number of aliphatic imine (C=N–C) groups is 1. The summed E-state index contributed by atoms with van der Waals surface area (Å²) in [5, 5.41) is 32.3. The number of carbonyl (C=O) groups is 10. The lowest BCUT2D eigenvalue weighted by atomic mass is 9.93. The van der Waals surface area contributed by atoms with Crippen LogP contribution in [-0.2, 0) is 82.9 Å². The zero-order chi connectivity index (χ0) is 86.2. The molecule has 0 aliphatic carbocycles. The van der Waals surface area contributed by atoms with Gasteiger partial charge in [-0.1, -0.05) is 53.2 Å². The van der Waals surface area contributed by atoms with Gasteiger partial charge in [-0.2, -0.15) is 0 Å². The second kappa shape index (κ2) is 46.0. The van der Waals surface area contributed by atoms with Gasteiger partial charge in [0.15, 0.2) is 23.2 Å². The average Bonchev–Trinajstić information content (AvgIpc) is 1.62. The fourth-order valence-electron chi connectivity index (χ4n) is 12.6. The SMILES string of the molecule is Cc1noc2c1-c1ccccc1C(c1ccc(Cl)cc1)=NC2CC(=O)Nc1ccc(OCCOCCOCCOCCOCCOCCC(=O)NCCCN(C)CCCNC(=O)CCNC(=O)c2nc(NC(=O)CCNC(=O)c3cc(NC(=O)c4nc(NC(=O)CCNC(=O)c5cc(NC(=O)c6nccn6C)cn5C)cn4C)cn3C)cn2C)cc1. The first kappa shape index (κ1) is 90.6. The van der Waals surface area contributed by atoms with Crippen molar-refractivity contribution in [1.29, 1.82) is 0 Å². The molecular formula is C82H102ClN21O17. The summed E-state index contributed by atoms with van der Waals surface area (Å²) < 4.78 is 47.0. The molecule has 38 nitrogen and oxygen atoms in total. The summed E-state index contributed by atoms with van der Waals surface area (Å²) >= 11 is 6.22. The van der Waals surface area contributed by atoms with Crippen LogP contribution in [0.5, 0.6) is 5.75 Å². The quantitative estimate of drug-likeness (QED) is 0.0203. The van der Waals surface area contributed by atoms with E-state index in [9.17, 15) is 47.9 Å². The van der Waals surface area contributed by atoms with E-state index in [2.05, 4.69) is 78.2 Å². The summed E-state index contributed by atoms with van der Waals surface area (Å²) in [4.78, 5) is 149. The van der Waals surface area contributed by atoms with Crippen LogP contribution in [0.4, 0.5) is 28.7 Å². The summed E-state index contributed by atoms with van der Waals surface area (Å²) in [5.74, 6) is -2.75. The van der Waals surface area contributed by atoms with Crippen molar-refractivity contribution in [2.75, 3.05) is 152 Å². The third-order valence-electron chi connectivity index (χ3n) is 18.7. The smallest absolute Gasteiger partial charge is 0.291 e. The normalized spacial score (nSPS) is 12.2. The van der Waals surface area contributed by atoms with Crippen LogP contribution in [0.1, 0.15) is 126 Å². The Bertz CT molecular complexity index is 5060.